The molecule has 2 aromatic carbocycles. The molecule has 0 aliphatic carbocycles. The van der Waals surface area contributed by atoms with Crippen LogP contribution in [0.3, 0.4) is 0 Å². The van der Waals surface area contributed by atoms with E-state index in [1.165, 1.54) is 18.0 Å². The number of aromatic nitrogens is 1. The molecule has 0 radical (unpaired) electrons. The molecule has 10 heteroatoms. The van der Waals surface area contributed by atoms with Crippen LogP contribution in [0.1, 0.15) is 31.8 Å². The van der Waals surface area contributed by atoms with Crippen molar-refractivity contribution in [3.05, 3.63) is 89.2 Å². The predicted molar refractivity (Wildman–Crippen MR) is 139 cm³/mol. The normalized spacial score (nSPS) is 14.3. The Balaban J connectivity index is 1.41. The van der Waals surface area contributed by atoms with E-state index in [1.807, 2.05) is 64.2 Å². The van der Waals surface area contributed by atoms with Crippen molar-refractivity contribution in [1.82, 2.24) is 9.88 Å². The molecule has 178 valence electrons. The topological polar surface area (TPSA) is 107 Å². The van der Waals surface area contributed by atoms with Crippen LogP contribution in [0, 0.1) is 0 Å². The highest BCUT2D eigenvalue weighted by Gasteiger charge is 2.24. The smallest absolute Gasteiger partial charge is 0.255 e. The van der Waals surface area contributed by atoms with E-state index in [0.717, 1.165) is 38.4 Å². The summed E-state index contributed by atoms with van der Waals surface area (Å²) in [4.78, 5) is 30.7. The number of primary amides is 1. The number of carbonyl (C=O) groups is 2. The zero-order valence-electron chi connectivity index (χ0n) is 20.0. The quantitative estimate of drug-likeness (QED) is 0.471. The Morgan fingerprint density at radius 3 is 2.51 bits per heavy atom. The van der Waals surface area contributed by atoms with Crippen molar-refractivity contribution in [2.75, 3.05) is 31.6 Å². The molecule has 0 spiro atoms. The maximum Gasteiger partial charge on any atom is 0.255 e. The molecule has 3 aromatic rings. The standard InChI is InChI=1S/C25H28B2N4O4/c26-25(27,35-22-12-19(23(28)32)14-29-15-22)20-2-1-3-21(13-20)30-24(33)18-6-4-17(5-7-18)16-31-8-10-34-11-9-31/h1-7,12-15H,8-11,16,26-27H2,(H2,28,32)(H,30,33). The van der Waals surface area contributed by atoms with Crippen molar-refractivity contribution in [2.24, 2.45) is 5.73 Å². The predicted octanol–water partition coefficient (Wildman–Crippen LogP) is 0.720. The van der Waals surface area contributed by atoms with Crippen molar-refractivity contribution in [2.45, 2.75) is 11.9 Å². The minimum atomic E-state index is -0.750. The summed E-state index contributed by atoms with van der Waals surface area (Å²) >= 11 is 0. The summed E-state index contributed by atoms with van der Waals surface area (Å²) in [6.45, 7) is 4.22. The van der Waals surface area contributed by atoms with Crippen LogP contribution in [0.2, 0.25) is 0 Å². The molecule has 8 nitrogen and oxygen atoms in total. The zero-order chi connectivity index (χ0) is 24.8. The van der Waals surface area contributed by atoms with Gasteiger partial charge in [-0.05, 0) is 41.5 Å². The van der Waals surface area contributed by atoms with Gasteiger partial charge in [-0.25, -0.2) is 0 Å². The van der Waals surface area contributed by atoms with Gasteiger partial charge in [0.1, 0.15) is 5.75 Å². The fraction of sp³-hybridized carbons (Fsp3) is 0.240. The van der Waals surface area contributed by atoms with Gasteiger partial charge in [0.25, 0.3) is 5.91 Å². The molecular formula is C25H28B2N4O4. The Labute approximate surface area is 206 Å². The minimum absolute atomic E-state index is 0.183. The molecule has 35 heavy (non-hydrogen) atoms. The van der Waals surface area contributed by atoms with Gasteiger partial charge >= 0.3 is 0 Å². The number of hydrogen-bond donors (Lipinski definition) is 2. The number of amides is 2. The molecule has 1 saturated heterocycles. The number of carbonyl (C=O) groups excluding carboxylic acids is 2. The Hall–Kier alpha value is -3.62. The van der Waals surface area contributed by atoms with Gasteiger partial charge in [0.2, 0.25) is 5.91 Å². The van der Waals surface area contributed by atoms with Crippen LogP contribution in [-0.2, 0) is 16.7 Å². The van der Waals surface area contributed by atoms with Crippen LogP contribution < -0.4 is 15.8 Å². The summed E-state index contributed by atoms with van der Waals surface area (Å²) in [6, 6.07) is 16.7. The Morgan fingerprint density at radius 1 is 1.06 bits per heavy atom. The van der Waals surface area contributed by atoms with Crippen LogP contribution in [0.15, 0.2) is 67.0 Å². The summed E-state index contributed by atoms with van der Waals surface area (Å²) in [5, 5.41) is 2.21. The number of nitrogens with two attached hydrogens (primary N) is 1. The lowest BCUT2D eigenvalue weighted by Crippen LogP contribution is -2.35. The highest BCUT2D eigenvalue weighted by atomic mass is 16.5. The van der Waals surface area contributed by atoms with Crippen LogP contribution in [-0.4, -0.2) is 63.7 Å². The van der Waals surface area contributed by atoms with Crippen LogP contribution in [0.4, 0.5) is 5.69 Å². The Morgan fingerprint density at radius 2 is 1.80 bits per heavy atom. The lowest BCUT2D eigenvalue weighted by molar-refractivity contribution is 0.0342. The van der Waals surface area contributed by atoms with Gasteiger partial charge in [-0.2, -0.15) is 0 Å². The summed E-state index contributed by atoms with van der Waals surface area (Å²) in [6.07, 6.45) is 2.93. The maximum absolute atomic E-state index is 12.8. The van der Waals surface area contributed by atoms with E-state index in [1.54, 1.807) is 6.07 Å². The molecule has 2 amide bonds. The van der Waals surface area contributed by atoms with Crippen molar-refractivity contribution in [1.29, 1.82) is 0 Å². The maximum atomic E-state index is 12.8. The molecule has 4 rings (SSSR count). The molecule has 0 unspecified atom stereocenters. The average Bonchev–Trinajstić information content (AvgIpc) is 2.85. The largest absolute Gasteiger partial charge is 0.499 e. The minimum Gasteiger partial charge on any atom is -0.499 e. The molecule has 2 heterocycles. The van der Waals surface area contributed by atoms with Gasteiger partial charge < -0.3 is 20.5 Å². The summed E-state index contributed by atoms with van der Waals surface area (Å²) in [5.74, 6) is -0.324. The van der Waals surface area contributed by atoms with Gasteiger partial charge in [0.05, 0.1) is 30.4 Å². The monoisotopic (exact) mass is 470 g/mol. The molecule has 0 bridgehead atoms. The number of benzene rings is 2. The number of morpholine rings is 1. The summed E-state index contributed by atoms with van der Waals surface area (Å²) in [5.41, 5.74) is 8.87. The van der Waals surface area contributed by atoms with Gasteiger partial charge in [0, 0.05) is 37.1 Å². The van der Waals surface area contributed by atoms with Gasteiger partial charge in [-0.3, -0.25) is 19.5 Å². The highest BCUT2D eigenvalue weighted by molar-refractivity contribution is 6.39. The third kappa shape index (κ3) is 6.49. The van der Waals surface area contributed by atoms with Crippen molar-refractivity contribution < 1.29 is 19.1 Å². The van der Waals surface area contributed by atoms with E-state index in [0.29, 0.717) is 17.0 Å². The Kier molecular flexibility index (Phi) is 7.53. The molecular weight excluding hydrogens is 442 g/mol. The third-order valence-corrected chi connectivity index (χ3v) is 5.91. The second-order valence-corrected chi connectivity index (χ2v) is 9.01. The molecule has 0 saturated carbocycles. The second kappa shape index (κ2) is 10.8. The first-order valence-electron chi connectivity index (χ1n) is 11.5. The first-order chi connectivity index (χ1) is 16.8. The van der Waals surface area contributed by atoms with E-state index >= 15 is 0 Å². The van der Waals surface area contributed by atoms with Crippen molar-refractivity contribution >= 4 is 33.2 Å². The lowest BCUT2D eigenvalue weighted by atomic mass is 9.61. The van der Waals surface area contributed by atoms with E-state index < -0.39 is 11.3 Å². The van der Waals surface area contributed by atoms with E-state index in [4.69, 9.17) is 15.2 Å². The number of nitrogens with zero attached hydrogens (tertiary/aromatic N) is 2. The molecule has 0 atom stereocenters. The molecule has 1 aliphatic rings. The van der Waals surface area contributed by atoms with Crippen molar-refractivity contribution in [3.8, 4) is 5.75 Å². The zero-order valence-corrected chi connectivity index (χ0v) is 20.0. The number of pyridine rings is 1. The van der Waals surface area contributed by atoms with E-state index in [9.17, 15) is 9.59 Å². The van der Waals surface area contributed by atoms with E-state index in [2.05, 4.69) is 15.2 Å². The summed E-state index contributed by atoms with van der Waals surface area (Å²) in [7, 11) is 3.80. The fourth-order valence-corrected chi connectivity index (χ4v) is 3.92. The number of ether oxygens (including phenoxy) is 2. The number of anilines is 1. The van der Waals surface area contributed by atoms with Gasteiger partial charge in [0.15, 0.2) is 15.7 Å². The Bertz CT molecular complexity index is 1200. The van der Waals surface area contributed by atoms with Crippen LogP contribution in [0.25, 0.3) is 0 Å². The summed E-state index contributed by atoms with van der Waals surface area (Å²) < 4.78 is 11.5. The van der Waals surface area contributed by atoms with Gasteiger partial charge in [-0.1, -0.05) is 24.3 Å². The lowest BCUT2D eigenvalue weighted by Gasteiger charge is -2.28. The number of hydrogen-bond acceptors (Lipinski definition) is 6. The fourth-order valence-electron chi connectivity index (χ4n) is 3.92. The van der Waals surface area contributed by atoms with Gasteiger partial charge in [-0.15, -0.1) is 0 Å². The number of rotatable bonds is 8. The molecule has 1 fully saturated rings. The first-order valence-corrected chi connectivity index (χ1v) is 11.5. The second-order valence-electron chi connectivity index (χ2n) is 9.01. The van der Waals surface area contributed by atoms with Crippen LogP contribution >= 0.6 is 0 Å². The molecule has 1 aromatic heterocycles. The number of nitrogens with one attached hydrogen (secondary N) is 1. The third-order valence-electron chi connectivity index (χ3n) is 5.91. The average molecular weight is 470 g/mol. The molecule has 1 aliphatic heterocycles. The first kappa shape index (κ1) is 24.5. The van der Waals surface area contributed by atoms with Crippen LogP contribution in [0.5, 0.6) is 5.75 Å². The highest BCUT2D eigenvalue weighted by Crippen LogP contribution is 2.25. The molecule has 3 N–H and O–H groups in total. The van der Waals surface area contributed by atoms with Crippen molar-refractivity contribution in [3.63, 3.8) is 0 Å². The van der Waals surface area contributed by atoms with E-state index in [-0.39, 0.29) is 11.5 Å². The SMILES string of the molecule is BC(B)(Oc1cncc(C(N)=O)c1)c1cccc(NC(=O)c2ccc(CN3CCOCC3)cc2)c1.